The minimum atomic E-state index is -0.869. The number of benzene rings is 1. The second-order valence-corrected chi connectivity index (χ2v) is 4.25. The molecule has 17 heavy (non-hydrogen) atoms. The largest absolute Gasteiger partial charge is 0.382 e. The van der Waals surface area contributed by atoms with Crippen LogP contribution in [0.2, 0.25) is 5.02 Å². The molecule has 4 heteroatoms. The van der Waals surface area contributed by atoms with Crippen molar-refractivity contribution in [3.8, 4) is 0 Å². The van der Waals surface area contributed by atoms with Gasteiger partial charge in [-0.3, -0.25) is 4.98 Å². The molecule has 1 heterocycles. The Labute approximate surface area is 104 Å². The monoisotopic (exact) mass is 251 g/mol. The highest BCUT2D eigenvalue weighted by atomic mass is 35.5. The average Bonchev–Trinajstić information content (AvgIpc) is 2.33. The third-order valence-corrected chi connectivity index (χ3v) is 2.75. The van der Waals surface area contributed by atoms with Gasteiger partial charge in [0.2, 0.25) is 0 Å². The standard InChI is InChI=1S/C13H11ClFNO/c1-8-6-9(2-4-11(8)15)13(17)12-5-3-10(14)7-16-12/h2-7,13,17H,1H3. The number of hydrogen-bond donors (Lipinski definition) is 1. The molecule has 0 amide bonds. The van der Waals surface area contributed by atoms with Gasteiger partial charge in [-0.15, -0.1) is 0 Å². The normalized spacial score (nSPS) is 12.5. The lowest BCUT2D eigenvalue weighted by molar-refractivity contribution is 0.215. The number of aryl methyl sites for hydroxylation is 1. The Kier molecular flexibility index (Phi) is 3.41. The molecule has 2 nitrogen and oxygen atoms in total. The first-order chi connectivity index (χ1) is 8.08. The number of rotatable bonds is 2. The molecule has 1 aromatic carbocycles. The first kappa shape index (κ1) is 12.0. The van der Waals surface area contributed by atoms with Crippen molar-refractivity contribution < 1.29 is 9.50 Å². The number of pyridine rings is 1. The van der Waals surface area contributed by atoms with Crippen LogP contribution in [0.4, 0.5) is 4.39 Å². The molecule has 2 aromatic rings. The summed E-state index contributed by atoms with van der Waals surface area (Å²) in [5.41, 5.74) is 1.59. The van der Waals surface area contributed by atoms with Crippen LogP contribution >= 0.6 is 11.6 Å². The van der Waals surface area contributed by atoms with Gasteiger partial charge in [-0.25, -0.2) is 4.39 Å². The summed E-state index contributed by atoms with van der Waals surface area (Å²) in [6, 6.07) is 7.79. The highest BCUT2D eigenvalue weighted by molar-refractivity contribution is 6.30. The van der Waals surface area contributed by atoms with Gasteiger partial charge in [-0.1, -0.05) is 23.7 Å². The van der Waals surface area contributed by atoms with Gasteiger partial charge in [0.1, 0.15) is 11.9 Å². The van der Waals surface area contributed by atoms with Crippen LogP contribution in [0.25, 0.3) is 0 Å². The van der Waals surface area contributed by atoms with E-state index < -0.39 is 6.10 Å². The van der Waals surface area contributed by atoms with Crippen LogP contribution < -0.4 is 0 Å². The van der Waals surface area contributed by atoms with Crippen molar-refractivity contribution in [2.24, 2.45) is 0 Å². The molecule has 1 unspecified atom stereocenters. The minimum absolute atomic E-state index is 0.287. The van der Waals surface area contributed by atoms with Crippen molar-refractivity contribution >= 4 is 11.6 Å². The summed E-state index contributed by atoms with van der Waals surface area (Å²) in [5.74, 6) is -0.287. The SMILES string of the molecule is Cc1cc(C(O)c2ccc(Cl)cn2)ccc1F. The van der Waals surface area contributed by atoms with Gasteiger partial charge in [-0.05, 0) is 36.2 Å². The van der Waals surface area contributed by atoms with Crippen molar-refractivity contribution in [3.63, 3.8) is 0 Å². The fourth-order valence-corrected chi connectivity index (χ4v) is 1.67. The van der Waals surface area contributed by atoms with Crippen LogP contribution in [0.1, 0.15) is 22.9 Å². The van der Waals surface area contributed by atoms with Crippen molar-refractivity contribution in [3.05, 3.63) is 64.2 Å². The Morgan fingerprint density at radius 1 is 1.29 bits per heavy atom. The number of nitrogens with zero attached hydrogens (tertiary/aromatic N) is 1. The Morgan fingerprint density at radius 2 is 2.06 bits per heavy atom. The van der Waals surface area contributed by atoms with E-state index in [2.05, 4.69) is 4.98 Å². The number of hydrogen-bond acceptors (Lipinski definition) is 2. The van der Waals surface area contributed by atoms with Crippen molar-refractivity contribution in [1.82, 2.24) is 4.98 Å². The predicted molar refractivity (Wildman–Crippen MR) is 64.4 cm³/mol. The van der Waals surface area contributed by atoms with Gasteiger partial charge in [0.25, 0.3) is 0 Å². The van der Waals surface area contributed by atoms with Gasteiger partial charge >= 0.3 is 0 Å². The quantitative estimate of drug-likeness (QED) is 0.889. The lowest BCUT2D eigenvalue weighted by Gasteiger charge is -2.11. The van der Waals surface area contributed by atoms with E-state index >= 15 is 0 Å². The van der Waals surface area contributed by atoms with Crippen LogP contribution in [0.15, 0.2) is 36.5 Å². The fourth-order valence-electron chi connectivity index (χ4n) is 1.56. The summed E-state index contributed by atoms with van der Waals surface area (Å²) in [6.45, 7) is 1.65. The number of aliphatic hydroxyl groups excluding tert-OH is 1. The maximum Gasteiger partial charge on any atom is 0.126 e. The molecule has 1 N–H and O–H groups in total. The zero-order valence-electron chi connectivity index (χ0n) is 9.19. The molecule has 1 atom stereocenters. The smallest absolute Gasteiger partial charge is 0.126 e. The highest BCUT2D eigenvalue weighted by Gasteiger charge is 2.12. The Bertz CT molecular complexity index is 527. The van der Waals surface area contributed by atoms with E-state index in [0.717, 1.165) is 0 Å². The summed E-state index contributed by atoms with van der Waals surface area (Å²) < 4.78 is 13.1. The molecular formula is C13H11ClFNO. The molecule has 0 fully saturated rings. The molecule has 1 aromatic heterocycles. The number of aliphatic hydroxyl groups is 1. The highest BCUT2D eigenvalue weighted by Crippen LogP contribution is 2.22. The first-order valence-electron chi connectivity index (χ1n) is 5.13. The maximum atomic E-state index is 13.1. The lowest BCUT2D eigenvalue weighted by atomic mass is 10.0. The van der Waals surface area contributed by atoms with Crippen LogP contribution in [0.5, 0.6) is 0 Å². The van der Waals surface area contributed by atoms with Gasteiger partial charge in [0, 0.05) is 6.20 Å². The van der Waals surface area contributed by atoms with Crippen LogP contribution in [-0.2, 0) is 0 Å². The third-order valence-electron chi connectivity index (χ3n) is 2.53. The van der Waals surface area contributed by atoms with E-state index in [1.54, 1.807) is 31.2 Å². The van der Waals surface area contributed by atoms with E-state index in [9.17, 15) is 9.50 Å². The summed E-state index contributed by atoms with van der Waals surface area (Å²) >= 11 is 5.71. The van der Waals surface area contributed by atoms with Crippen molar-refractivity contribution in [1.29, 1.82) is 0 Å². The average molecular weight is 252 g/mol. The molecule has 0 bridgehead atoms. The molecule has 0 aliphatic heterocycles. The summed E-state index contributed by atoms with van der Waals surface area (Å²) in [6.07, 6.45) is 0.600. The van der Waals surface area contributed by atoms with Gasteiger partial charge in [0.15, 0.2) is 0 Å². The Hall–Kier alpha value is -1.45. The molecule has 0 aliphatic carbocycles. The van der Waals surface area contributed by atoms with Gasteiger partial charge in [0.05, 0.1) is 10.7 Å². The van der Waals surface area contributed by atoms with Crippen LogP contribution in [0, 0.1) is 12.7 Å². The summed E-state index contributed by atoms with van der Waals surface area (Å²) in [7, 11) is 0. The van der Waals surface area contributed by atoms with Crippen LogP contribution in [-0.4, -0.2) is 10.1 Å². The fraction of sp³-hybridized carbons (Fsp3) is 0.154. The molecule has 0 saturated heterocycles. The molecule has 2 rings (SSSR count). The van der Waals surface area contributed by atoms with Crippen LogP contribution in [0.3, 0.4) is 0 Å². The Balaban J connectivity index is 2.33. The lowest BCUT2D eigenvalue weighted by Crippen LogP contribution is -2.02. The topological polar surface area (TPSA) is 33.1 Å². The van der Waals surface area contributed by atoms with Gasteiger partial charge < -0.3 is 5.11 Å². The molecule has 88 valence electrons. The van der Waals surface area contributed by atoms with Crippen molar-refractivity contribution in [2.45, 2.75) is 13.0 Å². The third kappa shape index (κ3) is 2.62. The van der Waals surface area contributed by atoms with Crippen molar-refractivity contribution in [2.75, 3.05) is 0 Å². The second kappa shape index (κ2) is 4.82. The molecule has 0 spiro atoms. The van der Waals surface area contributed by atoms with E-state index in [-0.39, 0.29) is 5.82 Å². The first-order valence-corrected chi connectivity index (χ1v) is 5.51. The van der Waals surface area contributed by atoms with E-state index in [1.807, 2.05) is 0 Å². The summed E-state index contributed by atoms with van der Waals surface area (Å²) in [4.78, 5) is 4.03. The van der Waals surface area contributed by atoms with E-state index in [0.29, 0.717) is 21.8 Å². The second-order valence-electron chi connectivity index (χ2n) is 3.81. The molecule has 0 aliphatic rings. The zero-order chi connectivity index (χ0) is 12.4. The van der Waals surface area contributed by atoms with Gasteiger partial charge in [-0.2, -0.15) is 0 Å². The van der Waals surface area contributed by atoms with E-state index in [1.165, 1.54) is 12.3 Å². The minimum Gasteiger partial charge on any atom is -0.382 e. The van der Waals surface area contributed by atoms with E-state index in [4.69, 9.17) is 11.6 Å². The number of aromatic nitrogens is 1. The zero-order valence-corrected chi connectivity index (χ0v) is 9.95. The molecule has 0 saturated carbocycles. The Morgan fingerprint density at radius 3 is 2.65 bits per heavy atom. The molecular weight excluding hydrogens is 241 g/mol. The summed E-state index contributed by atoms with van der Waals surface area (Å²) in [5, 5.41) is 10.6. The molecule has 0 radical (unpaired) electrons. The predicted octanol–water partition coefficient (Wildman–Crippen LogP) is 3.26. The maximum absolute atomic E-state index is 13.1. The number of halogens is 2.